The minimum atomic E-state index is -1.17. The first kappa shape index (κ1) is 15.5. The Morgan fingerprint density at radius 2 is 2.21 bits per heavy atom. The lowest BCUT2D eigenvalue weighted by Crippen LogP contribution is -2.25. The highest BCUT2D eigenvalue weighted by atomic mass is 19.1. The topological polar surface area (TPSA) is 58.6 Å². The van der Waals surface area contributed by atoms with Gasteiger partial charge < -0.3 is 15.2 Å². The molecule has 1 rings (SSSR count). The van der Waals surface area contributed by atoms with E-state index in [0.717, 1.165) is 18.2 Å². The summed E-state index contributed by atoms with van der Waals surface area (Å²) in [7, 11) is 0. The molecule has 6 heteroatoms. The van der Waals surface area contributed by atoms with E-state index in [1.54, 1.807) is 6.92 Å². The second-order valence-electron chi connectivity index (χ2n) is 3.94. The zero-order chi connectivity index (χ0) is 14.3. The molecule has 0 saturated heterocycles. The van der Waals surface area contributed by atoms with E-state index in [1.807, 2.05) is 0 Å². The van der Waals surface area contributed by atoms with E-state index < -0.39 is 17.7 Å². The number of esters is 1. The number of hydrogen-bond acceptors (Lipinski definition) is 4. The fourth-order valence-corrected chi connectivity index (χ4v) is 1.54. The zero-order valence-electron chi connectivity index (χ0n) is 10.7. The fourth-order valence-electron chi connectivity index (χ4n) is 1.54. The summed E-state index contributed by atoms with van der Waals surface area (Å²) in [5, 5.41) is 12.5. The van der Waals surface area contributed by atoms with Gasteiger partial charge in [-0.25, -0.2) is 8.78 Å². The number of hydrogen-bond donors (Lipinski definition) is 2. The average Bonchev–Trinajstić information content (AvgIpc) is 2.37. The van der Waals surface area contributed by atoms with Crippen molar-refractivity contribution in [2.45, 2.75) is 19.4 Å². The normalized spacial score (nSPS) is 12.2. The van der Waals surface area contributed by atoms with Crippen molar-refractivity contribution >= 4 is 5.97 Å². The molecule has 4 nitrogen and oxygen atoms in total. The molecule has 1 aromatic rings. The Hall–Kier alpha value is -1.53. The highest BCUT2D eigenvalue weighted by Gasteiger charge is 2.13. The van der Waals surface area contributed by atoms with E-state index in [-0.39, 0.29) is 24.5 Å². The van der Waals surface area contributed by atoms with Gasteiger partial charge in [-0.15, -0.1) is 0 Å². The van der Waals surface area contributed by atoms with Gasteiger partial charge in [0.2, 0.25) is 0 Å². The van der Waals surface area contributed by atoms with Gasteiger partial charge in [-0.05, 0) is 25.1 Å². The summed E-state index contributed by atoms with van der Waals surface area (Å²) in [4.78, 5) is 11.0. The molecule has 19 heavy (non-hydrogen) atoms. The maximum atomic E-state index is 13.3. The Balaban J connectivity index is 2.37. The molecule has 2 N–H and O–H groups in total. The summed E-state index contributed by atoms with van der Waals surface area (Å²) < 4.78 is 31.0. The quantitative estimate of drug-likeness (QED) is 0.584. The first-order valence-electron chi connectivity index (χ1n) is 6.04. The van der Waals surface area contributed by atoms with Gasteiger partial charge in [-0.1, -0.05) is 0 Å². The molecular formula is C13H17F2NO3. The van der Waals surface area contributed by atoms with E-state index in [2.05, 4.69) is 5.32 Å². The van der Waals surface area contributed by atoms with Gasteiger partial charge in [0.15, 0.2) is 0 Å². The summed E-state index contributed by atoms with van der Waals surface area (Å²) in [6, 6.07) is 2.90. The standard InChI is InChI=1S/C13H17F2NO3/c1-2-19-13(18)5-6-16-8-12(17)10-7-9(14)3-4-11(10)15/h3-4,7,12,16-17H,2,5-6,8H2,1H3. The molecule has 1 aromatic carbocycles. The lowest BCUT2D eigenvalue weighted by Gasteiger charge is -2.13. The molecule has 1 atom stereocenters. The Labute approximate surface area is 110 Å². The van der Waals surface area contributed by atoms with E-state index in [9.17, 15) is 18.7 Å². The number of halogens is 2. The minimum absolute atomic E-state index is 0.0276. The second-order valence-corrected chi connectivity index (χ2v) is 3.94. The van der Waals surface area contributed by atoms with Gasteiger partial charge >= 0.3 is 5.97 Å². The Kier molecular flexibility index (Phi) is 6.38. The number of ether oxygens (including phenoxy) is 1. The number of benzene rings is 1. The first-order valence-corrected chi connectivity index (χ1v) is 6.04. The Bertz CT molecular complexity index is 426. The molecular weight excluding hydrogens is 256 g/mol. The van der Waals surface area contributed by atoms with Crippen LogP contribution in [0.3, 0.4) is 0 Å². The third kappa shape index (κ3) is 5.32. The third-order valence-electron chi connectivity index (χ3n) is 2.47. The summed E-state index contributed by atoms with van der Waals surface area (Å²) in [5.74, 6) is -1.62. The molecule has 0 saturated carbocycles. The van der Waals surface area contributed by atoms with E-state index in [4.69, 9.17) is 4.74 Å². The zero-order valence-corrected chi connectivity index (χ0v) is 10.7. The summed E-state index contributed by atoms with van der Waals surface area (Å²) in [6.07, 6.45) is -1.01. The average molecular weight is 273 g/mol. The molecule has 0 bridgehead atoms. The molecule has 0 aromatic heterocycles. The van der Waals surface area contributed by atoms with E-state index in [0.29, 0.717) is 13.2 Å². The molecule has 0 aliphatic heterocycles. The molecule has 0 aliphatic carbocycles. The number of carbonyl (C=O) groups excluding carboxylic acids is 1. The van der Waals surface area contributed by atoms with Gasteiger partial charge in [0.05, 0.1) is 19.1 Å². The summed E-state index contributed by atoms with van der Waals surface area (Å²) >= 11 is 0. The van der Waals surface area contributed by atoms with Gasteiger partial charge in [-0.3, -0.25) is 4.79 Å². The van der Waals surface area contributed by atoms with Crippen LogP contribution in [0.25, 0.3) is 0 Å². The van der Waals surface area contributed by atoms with E-state index in [1.165, 1.54) is 0 Å². The maximum absolute atomic E-state index is 13.3. The molecule has 0 amide bonds. The molecule has 0 heterocycles. The second kappa shape index (κ2) is 7.81. The minimum Gasteiger partial charge on any atom is -0.466 e. The summed E-state index contributed by atoms with van der Waals surface area (Å²) in [5.41, 5.74) is -0.108. The summed E-state index contributed by atoms with van der Waals surface area (Å²) in [6.45, 7) is 2.35. The van der Waals surface area contributed by atoms with Crippen molar-refractivity contribution in [1.82, 2.24) is 5.32 Å². The number of aliphatic hydroxyl groups excluding tert-OH is 1. The fraction of sp³-hybridized carbons (Fsp3) is 0.462. The highest BCUT2D eigenvalue weighted by molar-refractivity contribution is 5.69. The van der Waals surface area contributed by atoms with Crippen LogP contribution in [-0.2, 0) is 9.53 Å². The SMILES string of the molecule is CCOC(=O)CCNCC(O)c1cc(F)ccc1F. The van der Waals surface area contributed by atoms with E-state index >= 15 is 0 Å². The highest BCUT2D eigenvalue weighted by Crippen LogP contribution is 2.17. The largest absolute Gasteiger partial charge is 0.466 e. The number of carbonyl (C=O) groups is 1. The van der Waals surface area contributed by atoms with Crippen molar-refractivity contribution in [3.05, 3.63) is 35.4 Å². The van der Waals surface area contributed by atoms with Crippen LogP contribution in [0.2, 0.25) is 0 Å². The number of aliphatic hydroxyl groups is 1. The van der Waals surface area contributed by atoms with Crippen LogP contribution in [0.15, 0.2) is 18.2 Å². The Morgan fingerprint density at radius 1 is 1.47 bits per heavy atom. The Morgan fingerprint density at radius 3 is 2.89 bits per heavy atom. The molecule has 0 fully saturated rings. The van der Waals surface area contributed by atoms with Crippen LogP contribution in [0, 0.1) is 11.6 Å². The van der Waals surface area contributed by atoms with Crippen LogP contribution < -0.4 is 5.32 Å². The predicted molar refractivity (Wildman–Crippen MR) is 65.4 cm³/mol. The van der Waals surface area contributed by atoms with Crippen molar-refractivity contribution < 1.29 is 23.4 Å². The lowest BCUT2D eigenvalue weighted by atomic mass is 10.1. The van der Waals surface area contributed by atoms with Gasteiger partial charge in [0, 0.05) is 18.7 Å². The predicted octanol–water partition coefficient (Wildman–Crippen LogP) is 1.54. The third-order valence-corrected chi connectivity index (χ3v) is 2.47. The maximum Gasteiger partial charge on any atom is 0.307 e. The number of rotatable bonds is 7. The first-order chi connectivity index (χ1) is 9.04. The van der Waals surface area contributed by atoms with Crippen molar-refractivity contribution in [3.63, 3.8) is 0 Å². The monoisotopic (exact) mass is 273 g/mol. The van der Waals surface area contributed by atoms with Crippen molar-refractivity contribution in [3.8, 4) is 0 Å². The molecule has 1 unspecified atom stereocenters. The molecule has 106 valence electrons. The smallest absolute Gasteiger partial charge is 0.307 e. The van der Waals surface area contributed by atoms with Gasteiger partial charge in [-0.2, -0.15) is 0 Å². The molecule has 0 spiro atoms. The van der Waals surface area contributed by atoms with Gasteiger partial charge in [0.1, 0.15) is 11.6 Å². The van der Waals surface area contributed by atoms with Crippen LogP contribution in [0.4, 0.5) is 8.78 Å². The number of nitrogens with one attached hydrogen (secondary N) is 1. The van der Waals surface area contributed by atoms with Gasteiger partial charge in [0.25, 0.3) is 0 Å². The lowest BCUT2D eigenvalue weighted by molar-refractivity contribution is -0.143. The molecule has 0 radical (unpaired) electrons. The van der Waals surface area contributed by atoms with Crippen molar-refractivity contribution in [2.75, 3.05) is 19.7 Å². The molecule has 0 aliphatic rings. The van der Waals surface area contributed by atoms with Crippen LogP contribution in [0.1, 0.15) is 25.0 Å². The van der Waals surface area contributed by atoms with Crippen molar-refractivity contribution in [1.29, 1.82) is 0 Å². The van der Waals surface area contributed by atoms with Crippen LogP contribution in [-0.4, -0.2) is 30.8 Å². The van der Waals surface area contributed by atoms with Crippen LogP contribution >= 0.6 is 0 Å². The van der Waals surface area contributed by atoms with Crippen molar-refractivity contribution in [2.24, 2.45) is 0 Å². The van der Waals surface area contributed by atoms with Crippen LogP contribution in [0.5, 0.6) is 0 Å².